The lowest BCUT2D eigenvalue weighted by molar-refractivity contribution is -0.181. The molecule has 1 aromatic rings. The van der Waals surface area contributed by atoms with Crippen LogP contribution in [0.25, 0.3) is 0 Å². The smallest absolute Gasteiger partial charge is 0.409 e. The van der Waals surface area contributed by atoms with Crippen LogP contribution in [0.3, 0.4) is 0 Å². The lowest BCUT2D eigenvalue weighted by atomic mass is 9.86. The van der Waals surface area contributed by atoms with Crippen LogP contribution in [-0.4, -0.2) is 31.3 Å². The second-order valence-corrected chi connectivity index (χ2v) is 6.74. The third-order valence-electron chi connectivity index (χ3n) is 3.45. The Morgan fingerprint density at radius 2 is 1.68 bits per heavy atom. The van der Waals surface area contributed by atoms with Crippen molar-refractivity contribution in [2.75, 3.05) is 13.2 Å². The maximum atomic E-state index is 13.0. The van der Waals surface area contributed by atoms with Gasteiger partial charge in [0.15, 0.2) is 11.5 Å². The summed E-state index contributed by atoms with van der Waals surface area (Å²) in [4.78, 5) is 11.8. The topological polar surface area (TPSA) is 47.6 Å². The van der Waals surface area contributed by atoms with Crippen molar-refractivity contribution in [1.82, 2.24) is 5.32 Å². The van der Waals surface area contributed by atoms with Crippen LogP contribution in [0.15, 0.2) is 24.3 Å². The molecule has 142 valence electrons. The van der Waals surface area contributed by atoms with Gasteiger partial charge in [0.1, 0.15) is 6.04 Å². The highest BCUT2D eigenvalue weighted by molar-refractivity contribution is 5.76. The van der Waals surface area contributed by atoms with Gasteiger partial charge in [0.2, 0.25) is 5.91 Å². The number of halogens is 3. The Morgan fingerprint density at radius 1 is 1.12 bits per heavy atom. The van der Waals surface area contributed by atoms with E-state index in [0.717, 1.165) is 0 Å². The number of carbonyl (C=O) groups is 1. The largest absolute Gasteiger partial charge is 0.490 e. The molecular weight excluding hydrogens is 335 g/mol. The van der Waals surface area contributed by atoms with E-state index < -0.39 is 23.5 Å². The monoisotopic (exact) mass is 361 g/mol. The van der Waals surface area contributed by atoms with Gasteiger partial charge in [0.25, 0.3) is 0 Å². The van der Waals surface area contributed by atoms with Crippen LogP contribution in [0.4, 0.5) is 13.2 Å². The van der Waals surface area contributed by atoms with Gasteiger partial charge in [-0.2, -0.15) is 13.2 Å². The first-order chi connectivity index (χ1) is 11.6. The highest BCUT2D eigenvalue weighted by Gasteiger charge is 2.47. The van der Waals surface area contributed by atoms with E-state index in [9.17, 15) is 18.0 Å². The Bertz CT molecular complexity index is 539. The standard InChI is InChI=1S/C18H26F3NO3/c1-5-24-13-9-6-7-10-14(13)25-12-8-11-15(23)22-16(17(2,3)4)18(19,20)21/h6-7,9-10,16H,5,8,11-12H2,1-4H3,(H,22,23). The molecule has 25 heavy (non-hydrogen) atoms. The number of para-hydroxylation sites is 2. The van der Waals surface area contributed by atoms with E-state index in [0.29, 0.717) is 24.5 Å². The van der Waals surface area contributed by atoms with Crippen LogP contribution >= 0.6 is 0 Å². The van der Waals surface area contributed by atoms with Crippen molar-refractivity contribution >= 4 is 5.91 Å². The number of nitrogens with one attached hydrogen (secondary N) is 1. The molecule has 0 aliphatic rings. The van der Waals surface area contributed by atoms with Gasteiger partial charge >= 0.3 is 6.18 Å². The average Bonchev–Trinajstić information content (AvgIpc) is 2.49. The molecule has 1 aromatic carbocycles. The van der Waals surface area contributed by atoms with Gasteiger partial charge in [-0.15, -0.1) is 0 Å². The molecule has 0 heterocycles. The van der Waals surface area contributed by atoms with E-state index in [4.69, 9.17) is 9.47 Å². The molecule has 0 radical (unpaired) electrons. The molecule has 0 bridgehead atoms. The minimum Gasteiger partial charge on any atom is -0.490 e. The van der Waals surface area contributed by atoms with Crippen molar-refractivity contribution < 1.29 is 27.4 Å². The summed E-state index contributed by atoms with van der Waals surface area (Å²) in [6, 6.07) is 5.23. The minimum absolute atomic E-state index is 0.0422. The molecule has 0 spiro atoms. The van der Waals surface area contributed by atoms with Crippen molar-refractivity contribution in [3.05, 3.63) is 24.3 Å². The molecule has 1 atom stereocenters. The van der Waals surface area contributed by atoms with Gasteiger partial charge in [0.05, 0.1) is 13.2 Å². The second kappa shape index (κ2) is 8.97. The Labute approximate surface area is 146 Å². The van der Waals surface area contributed by atoms with Crippen LogP contribution in [-0.2, 0) is 4.79 Å². The van der Waals surface area contributed by atoms with Crippen molar-refractivity contribution in [2.45, 2.75) is 52.8 Å². The van der Waals surface area contributed by atoms with Gasteiger partial charge in [-0.05, 0) is 30.9 Å². The van der Waals surface area contributed by atoms with Crippen LogP contribution in [0, 0.1) is 5.41 Å². The molecule has 1 unspecified atom stereocenters. The number of carbonyl (C=O) groups excluding carboxylic acids is 1. The average molecular weight is 361 g/mol. The fourth-order valence-corrected chi connectivity index (χ4v) is 2.28. The van der Waals surface area contributed by atoms with Crippen molar-refractivity contribution in [1.29, 1.82) is 0 Å². The Hall–Kier alpha value is -1.92. The first-order valence-electron chi connectivity index (χ1n) is 8.26. The predicted molar refractivity (Wildman–Crippen MR) is 89.8 cm³/mol. The summed E-state index contributed by atoms with van der Waals surface area (Å²) in [7, 11) is 0. The summed E-state index contributed by atoms with van der Waals surface area (Å²) in [6.07, 6.45) is -4.22. The number of alkyl halides is 3. The maximum absolute atomic E-state index is 13.0. The van der Waals surface area contributed by atoms with E-state index in [1.165, 1.54) is 20.8 Å². The van der Waals surface area contributed by atoms with E-state index in [-0.39, 0.29) is 13.0 Å². The fourth-order valence-electron chi connectivity index (χ4n) is 2.28. The Morgan fingerprint density at radius 3 is 2.16 bits per heavy atom. The highest BCUT2D eigenvalue weighted by atomic mass is 19.4. The fraction of sp³-hybridized carbons (Fsp3) is 0.611. The normalized spacial score (nSPS) is 13.2. The maximum Gasteiger partial charge on any atom is 0.409 e. The Kier molecular flexibility index (Phi) is 7.58. The molecule has 0 aliphatic carbocycles. The number of hydrogen-bond donors (Lipinski definition) is 1. The molecule has 1 amide bonds. The SMILES string of the molecule is CCOc1ccccc1OCCCC(=O)NC(C(C)(C)C)C(F)(F)F. The summed E-state index contributed by atoms with van der Waals surface area (Å²) in [5, 5.41) is 2.08. The summed E-state index contributed by atoms with van der Waals surface area (Å²) in [5.41, 5.74) is -1.11. The lowest BCUT2D eigenvalue weighted by Gasteiger charge is -2.33. The molecular formula is C18H26F3NO3. The zero-order valence-corrected chi connectivity index (χ0v) is 15.1. The van der Waals surface area contributed by atoms with Gasteiger partial charge in [-0.3, -0.25) is 4.79 Å². The first-order valence-corrected chi connectivity index (χ1v) is 8.26. The molecule has 0 saturated carbocycles. The second-order valence-electron chi connectivity index (χ2n) is 6.74. The summed E-state index contributed by atoms with van der Waals surface area (Å²) in [5.74, 6) is 0.505. The molecule has 0 fully saturated rings. The molecule has 0 aromatic heterocycles. The molecule has 1 rings (SSSR count). The lowest BCUT2D eigenvalue weighted by Crippen LogP contribution is -2.53. The van der Waals surface area contributed by atoms with Gasteiger partial charge < -0.3 is 14.8 Å². The van der Waals surface area contributed by atoms with E-state index in [1.54, 1.807) is 18.2 Å². The number of benzene rings is 1. The molecule has 0 aliphatic heterocycles. The van der Waals surface area contributed by atoms with E-state index >= 15 is 0 Å². The quantitative estimate of drug-likeness (QED) is 0.701. The van der Waals surface area contributed by atoms with Crippen LogP contribution in [0.1, 0.15) is 40.5 Å². The van der Waals surface area contributed by atoms with Crippen molar-refractivity contribution in [3.8, 4) is 11.5 Å². The number of hydrogen-bond acceptors (Lipinski definition) is 3. The predicted octanol–water partition coefficient (Wildman–Crippen LogP) is 4.34. The summed E-state index contributed by atoms with van der Waals surface area (Å²) >= 11 is 0. The number of amides is 1. The van der Waals surface area contributed by atoms with Gasteiger partial charge in [-0.25, -0.2) is 0 Å². The van der Waals surface area contributed by atoms with Crippen LogP contribution < -0.4 is 14.8 Å². The number of ether oxygens (including phenoxy) is 2. The molecule has 7 heteroatoms. The van der Waals surface area contributed by atoms with E-state index in [2.05, 4.69) is 5.32 Å². The molecule has 4 nitrogen and oxygen atoms in total. The minimum atomic E-state index is -4.49. The van der Waals surface area contributed by atoms with Crippen molar-refractivity contribution in [2.24, 2.45) is 5.41 Å². The van der Waals surface area contributed by atoms with E-state index in [1.807, 2.05) is 13.0 Å². The first kappa shape index (κ1) is 21.1. The third-order valence-corrected chi connectivity index (χ3v) is 3.45. The number of rotatable bonds is 8. The summed E-state index contributed by atoms with van der Waals surface area (Å²) in [6.45, 7) is 6.89. The van der Waals surface area contributed by atoms with Gasteiger partial charge in [0, 0.05) is 6.42 Å². The zero-order valence-electron chi connectivity index (χ0n) is 15.1. The van der Waals surface area contributed by atoms with Crippen LogP contribution in [0.5, 0.6) is 11.5 Å². The molecule has 1 N–H and O–H groups in total. The highest BCUT2D eigenvalue weighted by Crippen LogP contribution is 2.33. The van der Waals surface area contributed by atoms with Crippen LogP contribution in [0.2, 0.25) is 0 Å². The zero-order chi connectivity index (χ0) is 19.1. The third kappa shape index (κ3) is 7.23. The summed E-state index contributed by atoms with van der Waals surface area (Å²) < 4.78 is 50.1. The van der Waals surface area contributed by atoms with Gasteiger partial charge in [-0.1, -0.05) is 32.9 Å². The molecule has 0 saturated heterocycles. The van der Waals surface area contributed by atoms with Crippen molar-refractivity contribution in [3.63, 3.8) is 0 Å². The Balaban J connectivity index is 2.47.